The van der Waals surface area contributed by atoms with Crippen LogP contribution in [0.4, 0.5) is 0 Å². The van der Waals surface area contributed by atoms with Crippen LogP contribution < -0.4 is 0 Å². The molecular weight excluding hydrogens is 338 g/mol. The first-order valence-corrected chi connectivity index (χ1v) is 10.1. The van der Waals surface area contributed by atoms with Gasteiger partial charge in [-0.15, -0.1) is 0 Å². The maximum atomic E-state index is 2.58. The third-order valence-corrected chi connectivity index (χ3v) is 6.32. The molecule has 0 aromatic heterocycles. The molecule has 138 valence electrons. The molecule has 0 bridgehead atoms. The van der Waals surface area contributed by atoms with Crippen molar-refractivity contribution in [2.75, 3.05) is 7.05 Å². The molecule has 1 fully saturated rings. The number of nitrogens with zero attached hydrogens (tertiary/aromatic N) is 1. The summed E-state index contributed by atoms with van der Waals surface area (Å²) >= 11 is 0. The Morgan fingerprint density at radius 2 is 1.21 bits per heavy atom. The Kier molecular flexibility index (Phi) is 4.46. The zero-order valence-corrected chi connectivity index (χ0v) is 16.2. The van der Waals surface area contributed by atoms with Crippen LogP contribution in [0.15, 0.2) is 103 Å². The molecule has 4 aromatic rings. The Balaban J connectivity index is 1.61. The van der Waals surface area contributed by atoms with Crippen LogP contribution in [0.25, 0.3) is 10.8 Å². The molecule has 1 heteroatoms. The molecule has 0 aliphatic carbocycles. The molecule has 1 aliphatic rings. The summed E-state index contributed by atoms with van der Waals surface area (Å²) in [6, 6.07) is 38.4. The number of rotatable bonds is 3. The van der Waals surface area contributed by atoms with E-state index in [0.29, 0.717) is 18.0 Å². The van der Waals surface area contributed by atoms with Crippen molar-refractivity contribution in [3.63, 3.8) is 0 Å². The van der Waals surface area contributed by atoms with Crippen molar-refractivity contribution in [2.45, 2.75) is 24.4 Å². The van der Waals surface area contributed by atoms with Crippen molar-refractivity contribution in [1.82, 2.24) is 4.90 Å². The third-order valence-electron chi connectivity index (χ3n) is 6.32. The highest BCUT2D eigenvalue weighted by Gasteiger charge is 2.41. The Morgan fingerprint density at radius 3 is 1.93 bits per heavy atom. The van der Waals surface area contributed by atoms with Gasteiger partial charge in [-0.2, -0.15) is 0 Å². The molecule has 0 spiro atoms. The summed E-state index contributed by atoms with van der Waals surface area (Å²) in [6.45, 7) is 0. The first-order valence-electron chi connectivity index (χ1n) is 10.1. The molecule has 28 heavy (non-hydrogen) atoms. The minimum atomic E-state index is 0.372. The van der Waals surface area contributed by atoms with Crippen LogP contribution in [-0.2, 0) is 0 Å². The number of likely N-dealkylation sites (tertiary alicyclic amines) is 1. The SMILES string of the molecule is CN1[C@H](c2ccccc2)C[C@H](c2ccccc2)[C@@H]1c1ccc2ccccc2c1. The van der Waals surface area contributed by atoms with E-state index >= 15 is 0 Å². The van der Waals surface area contributed by atoms with E-state index < -0.39 is 0 Å². The molecule has 0 unspecified atom stereocenters. The number of hydrogen-bond donors (Lipinski definition) is 0. The number of likely N-dealkylation sites (N-methyl/N-ethyl adjacent to an activating group) is 1. The number of hydrogen-bond acceptors (Lipinski definition) is 1. The lowest BCUT2D eigenvalue weighted by atomic mass is 9.86. The quantitative estimate of drug-likeness (QED) is 0.389. The van der Waals surface area contributed by atoms with E-state index in [0.717, 1.165) is 6.42 Å². The summed E-state index contributed by atoms with van der Waals surface area (Å²) < 4.78 is 0. The van der Waals surface area contributed by atoms with Crippen molar-refractivity contribution >= 4 is 10.8 Å². The summed E-state index contributed by atoms with van der Waals surface area (Å²) in [6.07, 6.45) is 1.14. The summed E-state index contributed by atoms with van der Waals surface area (Å²) in [4.78, 5) is 2.58. The molecule has 3 atom stereocenters. The fourth-order valence-electron chi connectivity index (χ4n) is 4.94. The zero-order chi connectivity index (χ0) is 18.9. The molecule has 1 saturated heterocycles. The van der Waals surface area contributed by atoms with Crippen LogP contribution in [0.3, 0.4) is 0 Å². The average molecular weight is 364 g/mol. The summed E-state index contributed by atoms with van der Waals surface area (Å²) in [5.41, 5.74) is 4.26. The van der Waals surface area contributed by atoms with Crippen LogP contribution in [0.2, 0.25) is 0 Å². The molecule has 1 heterocycles. The lowest BCUT2D eigenvalue weighted by molar-refractivity contribution is 0.240. The molecular formula is C27H25N. The van der Waals surface area contributed by atoms with E-state index in [9.17, 15) is 0 Å². The van der Waals surface area contributed by atoms with E-state index in [-0.39, 0.29) is 0 Å². The largest absolute Gasteiger partial charge is 0.292 e. The second-order valence-electron chi connectivity index (χ2n) is 7.90. The first kappa shape index (κ1) is 17.2. The number of benzene rings is 4. The number of fused-ring (bicyclic) bond motifs is 1. The van der Waals surface area contributed by atoms with Gasteiger partial charge in [0, 0.05) is 18.0 Å². The van der Waals surface area contributed by atoms with Crippen molar-refractivity contribution in [2.24, 2.45) is 0 Å². The van der Waals surface area contributed by atoms with Crippen molar-refractivity contribution in [3.05, 3.63) is 120 Å². The van der Waals surface area contributed by atoms with Crippen LogP contribution in [0.5, 0.6) is 0 Å². The zero-order valence-electron chi connectivity index (χ0n) is 16.2. The van der Waals surface area contributed by atoms with Crippen LogP contribution in [-0.4, -0.2) is 11.9 Å². The minimum Gasteiger partial charge on any atom is -0.292 e. The summed E-state index contributed by atoms with van der Waals surface area (Å²) in [7, 11) is 2.29. The second kappa shape index (κ2) is 7.26. The minimum absolute atomic E-state index is 0.372. The van der Waals surface area contributed by atoms with E-state index in [1.54, 1.807) is 0 Å². The van der Waals surface area contributed by atoms with E-state index in [2.05, 4.69) is 115 Å². The lowest BCUT2D eigenvalue weighted by Crippen LogP contribution is -2.23. The van der Waals surface area contributed by atoms with Gasteiger partial charge >= 0.3 is 0 Å². The molecule has 5 rings (SSSR count). The highest BCUT2D eigenvalue weighted by atomic mass is 15.2. The monoisotopic (exact) mass is 363 g/mol. The molecule has 4 aromatic carbocycles. The Bertz CT molecular complexity index is 1070. The van der Waals surface area contributed by atoms with E-state index in [1.165, 1.54) is 27.5 Å². The third kappa shape index (κ3) is 3.02. The van der Waals surface area contributed by atoms with Crippen LogP contribution in [0, 0.1) is 0 Å². The summed E-state index contributed by atoms with van der Waals surface area (Å²) in [5.74, 6) is 0.484. The predicted molar refractivity (Wildman–Crippen MR) is 117 cm³/mol. The van der Waals surface area contributed by atoms with Gasteiger partial charge in [-0.25, -0.2) is 0 Å². The fourth-order valence-corrected chi connectivity index (χ4v) is 4.94. The maximum Gasteiger partial charge on any atom is 0.0420 e. The summed E-state index contributed by atoms with van der Waals surface area (Å²) in [5, 5.41) is 2.63. The van der Waals surface area contributed by atoms with E-state index in [4.69, 9.17) is 0 Å². The maximum absolute atomic E-state index is 2.58. The molecule has 0 saturated carbocycles. The van der Waals surface area contributed by atoms with Gasteiger partial charge in [0.15, 0.2) is 0 Å². The molecule has 0 amide bonds. The molecule has 0 radical (unpaired) electrons. The topological polar surface area (TPSA) is 3.24 Å². The van der Waals surface area contributed by atoms with Crippen molar-refractivity contribution in [3.8, 4) is 0 Å². The van der Waals surface area contributed by atoms with Gasteiger partial charge < -0.3 is 0 Å². The van der Waals surface area contributed by atoms with Crippen molar-refractivity contribution < 1.29 is 0 Å². The highest BCUT2D eigenvalue weighted by molar-refractivity contribution is 5.83. The van der Waals surface area contributed by atoms with E-state index in [1.807, 2.05) is 0 Å². The Labute approximate surface area is 167 Å². The Hall–Kier alpha value is -2.90. The van der Waals surface area contributed by atoms with Gasteiger partial charge in [0.1, 0.15) is 0 Å². The Morgan fingerprint density at radius 1 is 0.607 bits per heavy atom. The van der Waals surface area contributed by atoms with Gasteiger partial charge in [-0.3, -0.25) is 4.90 Å². The standard InChI is InChI=1S/C27H25N/c1-28-26(22-13-6-3-7-14-22)19-25(21-11-4-2-5-12-21)27(28)24-17-16-20-10-8-9-15-23(20)18-24/h2-18,25-27H,19H2,1H3/t25-,26+,27+/m1/s1. The smallest absolute Gasteiger partial charge is 0.0420 e. The van der Waals surface area contributed by atoms with Crippen molar-refractivity contribution in [1.29, 1.82) is 0 Å². The molecule has 0 N–H and O–H groups in total. The highest BCUT2D eigenvalue weighted by Crippen LogP contribution is 2.51. The van der Waals surface area contributed by atoms with Gasteiger partial charge in [-0.05, 0) is 47.0 Å². The second-order valence-corrected chi connectivity index (χ2v) is 7.90. The van der Waals surface area contributed by atoms with Gasteiger partial charge in [0.25, 0.3) is 0 Å². The average Bonchev–Trinajstić information content (AvgIpc) is 3.12. The van der Waals surface area contributed by atoms with Gasteiger partial charge in [0.2, 0.25) is 0 Å². The molecule has 1 nitrogen and oxygen atoms in total. The normalized spacial score (nSPS) is 22.5. The van der Waals surface area contributed by atoms with Crippen LogP contribution in [0.1, 0.15) is 41.1 Å². The fraction of sp³-hybridized carbons (Fsp3) is 0.185. The lowest BCUT2D eigenvalue weighted by Gasteiger charge is -2.29. The van der Waals surface area contributed by atoms with Crippen LogP contribution >= 0.6 is 0 Å². The first-order chi connectivity index (χ1) is 13.8. The van der Waals surface area contributed by atoms with Gasteiger partial charge in [0.05, 0.1) is 0 Å². The molecule has 1 aliphatic heterocycles. The predicted octanol–water partition coefficient (Wildman–Crippen LogP) is 6.74. The van der Waals surface area contributed by atoms with Gasteiger partial charge in [-0.1, -0.05) is 97.1 Å².